The van der Waals surface area contributed by atoms with E-state index in [4.69, 9.17) is 9.47 Å². The topological polar surface area (TPSA) is 67.9 Å². The number of amides is 2. The molecule has 0 radical (unpaired) electrons. The van der Waals surface area contributed by atoms with Gasteiger partial charge in [0.1, 0.15) is 18.0 Å². The summed E-state index contributed by atoms with van der Waals surface area (Å²) in [5, 5.41) is 2.97. The third kappa shape index (κ3) is 6.51. The number of hydrogen-bond donors (Lipinski definition) is 1. The van der Waals surface area contributed by atoms with Crippen LogP contribution in [0.1, 0.15) is 39.2 Å². The van der Waals surface area contributed by atoms with E-state index in [9.17, 15) is 9.59 Å². The molecule has 0 aliphatic carbocycles. The summed E-state index contributed by atoms with van der Waals surface area (Å²) in [4.78, 5) is 26.4. The SMILES string of the molecule is CC(C)(C)OC(=O)N1CCC(C(=O)Nc2ccc(OCc3ccccc3)cc2)CC1. The molecule has 160 valence electrons. The second-order valence-corrected chi connectivity index (χ2v) is 8.53. The van der Waals surface area contributed by atoms with E-state index in [1.54, 1.807) is 4.90 Å². The number of nitrogens with one attached hydrogen (secondary N) is 1. The highest BCUT2D eigenvalue weighted by Gasteiger charge is 2.29. The highest BCUT2D eigenvalue weighted by atomic mass is 16.6. The first-order chi connectivity index (χ1) is 14.3. The summed E-state index contributed by atoms with van der Waals surface area (Å²) < 4.78 is 11.2. The zero-order chi connectivity index (χ0) is 21.6. The van der Waals surface area contributed by atoms with Crippen LogP contribution in [0.2, 0.25) is 0 Å². The van der Waals surface area contributed by atoms with Crippen LogP contribution >= 0.6 is 0 Å². The predicted molar refractivity (Wildman–Crippen MR) is 116 cm³/mol. The molecule has 2 amide bonds. The monoisotopic (exact) mass is 410 g/mol. The Morgan fingerprint density at radius 3 is 2.23 bits per heavy atom. The van der Waals surface area contributed by atoms with E-state index in [1.165, 1.54) is 0 Å². The maximum Gasteiger partial charge on any atom is 0.410 e. The molecule has 0 aromatic heterocycles. The van der Waals surface area contributed by atoms with E-state index in [1.807, 2.05) is 75.4 Å². The Hall–Kier alpha value is -3.02. The maximum atomic E-state index is 12.6. The number of likely N-dealkylation sites (tertiary alicyclic amines) is 1. The second-order valence-electron chi connectivity index (χ2n) is 8.53. The Morgan fingerprint density at radius 1 is 1.00 bits per heavy atom. The Labute approximate surface area is 178 Å². The summed E-state index contributed by atoms with van der Waals surface area (Å²) in [5.41, 5.74) is 1.33. The first kappa shape index (κ1) is 21.7. The van der Waals surface area contributed by atoms with Crippen molar-refractivity contribution in [1.29, 1.82) is 0 Å². The molecule has 30 heavy (non-hydrogen) atoms. The molecule has 1 fully saturated rings. The molecule has 0 spiro atoms. The van der Waals surface area contributed by atoms with Crippen molar-refractivity contribution >= 4 is 17.7 Å². The van der Waals surface area contributed by atoms with E-state index in [0.29, 0.717) is 32.5 Å². The number of ether oxygens (including phenoxy) is 2. The number of piperidine rings is 1. The molecule has 0 saturated carbocycles. The molecular formula is C24H30N2O4. The zero-order valence-corrected chi connectivity index (χ0v) is 17.9. The van der Waals surface area contributed by atoms with E-state index < -0.39 is 5.60 Å². The van der Waals surface area contributed by atoms with Crippen LogP contribution in [0.3, 0.4) is 0 Å². The van der Waals surface area contributed by atoms with Gasteiger partial charge in [0.25, 0.3) is 0 Å². The van der Waals surface area contributed by atoms with Crippen LogP contribution in [-0.2, 0) is 16.1 Å². The fourth-order valence-electron chi connectivity index (χ4n) is 3.27. The zero-order valence-electron chi connectivity index (χ0n) is 17.9. The van der Waals surface area contributed by atoms with E-state index in [-0.39, 0.29) is 17.9 Å². The molecule has 1 heterocycles. The number of carbonyl (C=O) groups excluding carboxylic acids is 2. The van der Waals surface area contributed by atoms with Gasteiger partial charge in [0.15, 0.2) is 0 Å². The lowest BCUT2D eigenvalue weighted by Crippen LogP contribution is -2.43. The smallest absolute Gasteiger partial charge is 0.410 e. The second kappa shape index (κ2) is 9.65. The average Bonchev–Trinajstić information content (AvgIpc) is 2.73. The van der Waals surface area contributed by atoms with Crippen molar-refractivity contribution in [3.8, 4) is 5.75 Å². The molecule has 2 aromatic carbocycles. The summed E-state index contributed by atoms with van der Waals surface area (Å²) >= 11 is 0. The standard InChI is InChI=1S/C24H30N2O4/c1-24(2,3)30-23(28)26-15-13-19(14-16-26)22(27)25-20-9-11-21(12-10-20)29-17-18-7-5-4-6-8-18/h4-12,19H,13-17H2,1-3H3,(H,25,27). The van der Waals surface area contributed by atoms with Crippen LogP contribution in [0, 0.1) is 5.92 Å². The molecule has 6 heteroatoms. The fraction of sp³-hybridized carbons (Fsp3) is 0.417. The van der Waals surface area contributed by atoms with Gasteiger partial charge < -0.3 is 19.7 Å². The molecule has 1 N–H and O–H groups in total. The highest BCUT2D eigenvalue weighted by Crippen LogP contribution is 2.23. The molecule has 1 aliphatic heterocycles. The number of hydrogen-bond acceptors (Lipinski definition) is 4. The van der Waals surface area contributed by atoms with Crippen molar-refractivity contribution in [3.05, 3.63) is 60.2 Å². The summed E-state index contributed by atoms with van der Waals surface area (Å²) in [6, 6.07) is 17.4. The largest absolute Gasteiger partial charge is 0.489 e. The molecule has 0 atom stereocenters. The Kier molecular flexibility index (Phi) is 6.98. The van der Waals surface area contributed by atoms with Gasteiger partial charge in [-0.2, -0.15) is 0 Å². The molecule has 6 nitrogen and oxygen atoms in total. The van der Waals surface area contributed by atoms with Gasteiger partial charge in [-0.05, 0) is 63.4 Å². The van der Waals surface area contributed by atoms with E-state index in [0.717, 1.165) is 17.0 Å². The first-order valence-electron chi connectivity index (χ1n) is 10.4. The maximum absolute atomic E-state index is 12.6. The van der Waals surface area contributed by atoms with Crippen LogP contribution < -0.4 is 10.1 Å². The molecule has 1 aliphatic rings. The number of carbonyl (C=O) groups is 2. The van der Waals surface area contributed by atoms with Crippen molar-refractivity contribution in [2.45, 2.75) is 45.8 Å². The molecule has 3 rings (SSSR count). The van der Waals surface area contributed by atoms with E-state index >= 15 is 0 Å². The van der Waals surface area contributed by atoms with Crippen molar-refractivity contribution in [3.63, 3.8) is 0 Å². The third-order valence-electron chi connectivity index (χ3n) is 4.89. The highest BCUT2D eigenvalue weighted by molar-refractivity contribution is 5.92. The van der Waals surface area contributed by atoms with Gasteiger partial charge in [-0.25, -0.2) is 4.79 Å². The summed E-state index contributed by atoms with van der Waals surface area (Å²) in [6.07, 6.45) is 0.944. The predicted octanol–water partition coefficient (Wildman–Crippen LogP) is 4.85. The quantitative estimate of drug-likeness (QED) is 0.765. The Balaban J connectivity index is 1.44. The van der Waals surface area contributed by atoms with Gasteiger partial charge in [0, 0.05) is 24.7 Å². The molecule has 0 unspecified atom stereocenters. The van der Waals surface area contributed by atoms with Gasteiger partial charge in [0.05, 0.1) is 0 Å². The molecule has 2 aromatic rings. The number of anilines is 1. The summed E-state index contributed by atoms with van der Waals surface area (Å²) in [7, 11) is 0. The normalized spacial score (nSPS) is 14.8. The Bertz CT molecular complexity index is 836. The minimum Gasteiger partial charge on any atom is -0.489 e. The Morgan fingerprint density at radius 2 is 1.63 bits per heavy atom. The van der Waals surface area contributed by atoms with Crippen LogP contribution in [0.15, 0.2) is 54.6 Å². The lowest BCUT2D eigenvalue weighted by atomic mass is 9.96. The minimum atomic E-state index is -0.512. The van der Waals surface area contributed by atoms with E-state index in [2.05, 4.69) is 5.32 Å². The number of nitrogens with zero attached hydrogens (tertiary/aromatic N) is 1. The van der Waals surface area contributed by atoms with Crippen LogP contribution in [0.25, 0.3) is 0 Å². The van der Waals surface area contributed by atoms with Gasteiger partial charge in [-0.1, -0.05) is 30.3 Å². The fourth-order valence-corrected chi connectivity index (χ4v) is 3.27. The number of rotatable bonds is 5. The molecular weight excluding hydrogens is 380 g/mol. The molecule has 1 saturated heterocycles. The summed E-state index contributed by atoms with van der Waals surface area (Å²) in [6.45, 7) is 7.11. The average molecular weight is 411 g/mol. The van der Waals surface area contributed by atoms with Crippen molar-refractivity contribution in [1.82, 2.24) is 4.90 Å². The lowest BCUT2D eigenvalue weighted by molar-refractivity contribution is -0.121. The first-order valence-corrected chi connectivity index (χ1v) is 10.4. The van der Waals surface area contributed by atoms with Crippen LogP contribution in [0.5, 0.6) is 5.75 Å². The van der Waals surface area contributed by atoms with Gasteiger partial charge in [-0.3, -0.25) is 4.79 Å². The van der Waals surface area contributed by atoms with Gasteiger partial charge in [0.2, 0.25) is 5.91 Å². The molecule has 0 bridgehead atoms. The van der Waals surface area contributed by atoms with Crippen molar-refractivity contribution < 1.29 is 19.1 Å². The van der Waals surface area contributed by atoms with Crippen LogP contribution in [0.4, 0.5) is 10.5 Å². The van der Waals surface area contributed by atoms with Crippen molar-refractivity contribution in [2.24, 2.45) is 5.92 Å². The third-order valence-corrected chi connectivity index (χ3v) is 4.89. The van der Waals surface area contributed by atoms with Gasteiger partial charge in [-0.15, -0.1) is 0 Å². The van der Waals surface area contributed by atoms with Gasteiger partial charge >= 0.3 is 6.09 Å². The van der Waals surface area contributed by atoms with Crippen molar-refractivity contribution in [2.75, 3.05) is 18.4 Å². The number of benzene rings is 2. The van der Waals surface area contributed by atoms with Crippen LogP contribution in [-0.4, -0.2) is 35.6 Å². The lowest BCUT2D eigenvalue weighted by Gasteiger charge is -2.32. The minimum absolute atomic E-state index is 0.0169. The summed E-state index contributed by atoms with van der Waals surface area (Å²) in [5.74, 6) is 0.622.